The molecule has 1 unspecified atom stereocenters. The van der Waals surface area contributed by atoms with Crippen LogP contribution < -0.4 is 5.32 Å². The van der Waals surface area contributed by atoms with Crippen LogP contribution in [0.4, 0.5) is 0 Å². The molecule has 1 amide bonds. The van der Waals surface area contributed by atoms with Gasteiger partial charge in [-0.25, -0.2) is 0 Å². The van der Waals surface area contributed by atoms with E-state index in [1.54, 1.807) is 0 Å². The van der Waals surface area contributed by atoms with Crippen LogP contribution in [0.2, 0.25) is 0 Å². The molecule has 19 heavy (non-hydrogen) atoms. The Morgan fingerprint density at radius 2 is 1.89 bits per heavy atom. The van der Waals surface area contributed by atoms with Gasteiger partial charge < -0.3 is 10.2 Å². The Bertz CT molecular complexity index is 324. The summed E-state index contributed by atoms with van der Waals surface area (Å²) in [5, 5.41) is 3.35. The summed E-state index contributed by atoms with van der Waals surface area (Å²) in [6, 6.07) is 0. The van der Waals surface area contributed by atoms with Crippen LogP contribution in [-0.4, -0.2) is 37.0 Å². The molecule has 110 valence electrons. The fourth-order valence-electron chi connectivity index (χ4n) is 4.07. The third-order valence-corrected chi connectivity index (χ3v) is 5.73. The van der Waals surface area contributed by atoms with Crippen LogP contribution in [-0.2, 0) is 4.79 Å². The van der Waals surface area contributed by atoms with Crippen molar-refractivity contribution >= 4 is 18.3 Å². The molecule has 2 saturated heterocycles. The van der Waals surface area contributed by atoms with Gasteiger partial charge in [0.15, 0.2) is 0 Å². The highest BCUT2D eigenvalue weighted by Gasteiger charge is 2.46. The van der Waals surface area contributed by atoms with Gasteiger partial charge in [-0.3, -0.25) is 4.79 Å². The lowest BCUT2D eigenvalue weighted by molar-refractivity contribution is -0.144. The van der Waals surface area contributed by atoms with Crippen molar-refractivity contribution in [3.8, 4) is 0 Å². The van der Waals surface area contributed by atoms with Gasteiger partial charge in [-0.1, -0.05) is 13.3 Å². The number of hydrogen-bond acceptors (Lipinski definition) is 2. The van der Waals surface area contributed by atoms with Crippen molar-refractivity contribution in [1.29, 1.82) is 0 Å². The highest BCUT2D eigenvalue weighted by molar-refractivity contribution is 5.85. The molecule has 3 nitrogen and oxygen atoms in total. The molecule has 0 aromatic carbocycles. The Hall–Kier alpha value is -0.280. The molecule has 3 fully saturated rings. The summed E-state index contributed by atoms with van der Waals surface area (Å²) < 4.78 is 0. The smallest absolute Gasteiger partial charge is 0.225 e. The van der Waals surface area contributed by atoms with E-state index >= 15 is 0 Å². The Labute approximate surface area is 122 Å². The van der Waals surface area contributed by atoms with Crippen LogP contribution >= 0.6 is 12.4 Å². The van der Waals surface area contributed by atoms with Crippen molar-refractivity contribution in [2.24, 2.45) is 17.3 Å². The van der Waals surface area contributed by atoms with Crippen LogP contribution in [0.1, 0.15) is 45.4 Å². The maximum atomic E-state index is 12.6. The molecule has 3 aliphatic rings. The first-order valence-electron chi connectivity index (χ1n) is 7.71. The van der Waals surface area contributed by atoms with E-state index in [-0.39, 0.29) is 12.4 Å². The van der Waals surface area contributed by atoms with Gasteiger partial charge in [-0.2, -0.15) is 0 Å². The third-order valence-electron chi connectivity index (χ3n) is 5.73. The number of nitrogens with zero attached hydrogens (tertiary/aromatic N) is 1. The highest BCUT2D eigenvalue weighted by atomic mass is 35.5. The molecule has 0 aromatic rings. The predicted molar refractivity (Wildman–Crippen MR) is 79.5 cm³/mol. The van der Waals surface area contributed by atoms with Crippen molar-refractivity contribution in [2.45, 2.75) is 45.4 Å². The van der Waals surface area contributed by atoms with Gasteiger partial charge in [0.05, 0.1) is 0 Å². The van der Waals surface area contributed by atoms with Gasteiger partial charge in [0.1, 0.15) is 0 Å². The lowest BCUT2D eigenvalue weighted by Crippen LogP contribution is -2.55. The number of amides is 1. The van der Waals surface area contributed by atoms with Gasteiger partial charge in [0, 0.05) is 19.0 Å². The Balaban J connectivity index is 0.00000133. The molecule has 1 aliphatic carbocycles. The highest BCUT2D eigenvalue weighted by Crippen LogP contribution is 2.51. The van der Waals surface area contributed by atoms with E-state index in [4.69, 9.17) is 0 Å². The fourth-order valence-corrected chi connectivity index (χ4v) is 4.07. The van der Waals surface area contributed by atoms with E-state index in [0.29, 0.717) is 17.2 Å². The van der Waals surface area contributed by atoms with Crippen molar-refractivity contribution in [1.82, 2.24) is 10.2 Å². The molecule has 3 rings (SSSR count). The zero-order valence-corrected chi connectivity index (χ0v) is 12.8. The summed E-state index contributed by atoms with van der Waals surface area (Å²) in [4.78, 5) is 14.8. The van der Waals surface area contributed by atoms with Gasteiger partial charge in [-0.05, 0) is 56.5 Å². The molecule has 0 bridgehead atoms. The normalized spacial score (nSPS) is 30.6. The standard InChI is InChI=1S/C15H26N2O.ClH/c1-12-5-10-17(11-15(12)6-2-7-15)14(18)13-3-8-16-9-4-13;/h12-13,16H,2-11H2,1H3;1H. The monoisotopic (exact) mass is 286 g/mol. The lowest BCUT2D eigenvalue weighted by atomic mass is 9.59. The lowest BCUT2D eigenvalue weighted by Gasteiger charge is -2.53. The minimum absolute atomic E-state index is 0. The Kier molecular flexibility index (Phi) is 4.78. The summed E-state index contributed by atoms with van der Waals surface area (Å²) in [6.07, 6.45) is 7.38. The summed E-state index contributed by atoms with van der Waals surface area (Å²) in [5.74, 6) is 1.58. The first-order chi connectivity index (χ1) is 8.71. The second kappa shape index (κ2) is 6.01. The van der Waals surface area contributed by atoms with Crippen molar-refractivity contribution in [2.75, 3.05) is 26.2 Å². The molecule has 4 heteroatoms. The van der Waals surface area contributed by atoms with Crippen LogP contribution in [0.3, 0.4) is 0 Å². The first kappa shape index (κ1) is 15.1. The number of rotatable bonds is 1. The topological polar surface area (TPSA) is 32.3 Å². The van der Waals surface area contributed by atoms with Gasteiger partial charge in [-0.15, -0.1) is 12.4 Å². The van der Waals surface area contributed by atoms with Crippen molar-refractivity contribution in [3.63, 3.8) is 0 Å². The Morgan fingerprint density at radius 1 is 1.21 bits per heavy atom. The maximum Gasteiger partial charge on any atom is 0.225 e. The number of likely N-dealkylation sites (tertiary alicyclic amines) is 1. The number of hydrogen-bond donors (Lipinski definition) is 1. The summed E-state index contributed by atoms with van der Waals surface area (Å²) >= 11 is 0. The first-order valence-corrected chi connectivity index (χ1v) is 7.71. The number of piperidine rings is 2. The fraction of sp³-hybridized carbons (Fsp3) is 0.933. The number of nitrogens with one attached hydrogen (secondary N) is 1. The average molecular weight is 287 g/mol. The molecule has 0 radical (unpaired) electrons. The quantitative estimate of drug-likeness (QED) is 0.803. The van der Waals surface area contributed by atoms with Gasteiger partial charge in [0.25, 0.3) is 0 Å². The van der Waals surface area contributed by atoms with Crippen LogP contribution in [0.15, 0.2) is 0 Å². The van der Waals surface area contributed by atoms with Crippen LogP contribution in [0.5, 0.6) is 0 Å². The summed E-state index contributed by atoms with van der Waals surface area (Å²) in [5.41, 5.74) is 0.501. The molecule has 2 heterocycles. The molecule has 1 saturated carbocycles. The SMILES string of the molecule is CC1CCN(C(=O)C2CCNCC2)CC12CCC2.Cl. The van der Waals surface area contributed by atoms with E-state index in [1.807, 2.05) is 0 Å². The summed E-state index contributed by atoms with van der Waals surface area (Å²) in [6.45, 7) is 6.49. The minimum atomic E-state index is 0. The van der Waals surface area contributed by atoms with Crippen molar-refractivity contribution < 1.29 is 4.79 Å². The molecule has 0 aromatic heterocycles. The zero-order chi connectivity index (χ0) is 12.6. The maximum absolute atomic E-state index is 12.6. The van der Waals surface area contributed by atoms with Gasteiger partial charge >= 0.3 is 0 Å². The molecule has 1 spiro atoms. The molecule has 1 atom stereocenters. The van der Waals surface area contributed by atoms with Gasteiger partial charge in [0.2, 0.25) is 5.91 Å². The third kappa shape index (κ3) is 2.78. The summed E-state index contributed by atoms with van der Waals surface area (Å²) in [7, 11) is 0. The number of carbonyl (C=O) groups is 1. The second-order valence-corrected chi connectivity index (χ2v) is 6.69. The number of carbonyl (C=O) groups excluding carboxylic acids is 1. The van der Waals surface area contributed by atoms with Crippen LogP contribution in [0.25, 0.3) is 0 Å². The van der Waals surface area contributed by atoms with Crippen molar-refractivity contribution in [3.05, 3.63) is 0 Å². The molecule has 2 aliphatic heterocycles. The van der Waals surface area contributed by atoms with E-state index in [1.165, 1.54) is 25.7 Å². The number of halogens is 1. The molecular weight excluding hydrogens is 260 g/mol. The van der Waals surface area contributed by atoms with Crippen LogP contribution in [0, 0.1) is 17.3 Å². The Morgan fingerprint density at radius 3 is 2.47 bits per heavy atom. The van der Waals surface area contributed by atoms with E-state index in [2.05, 4.69) is 17.1 Å². The predicted octanol–water partition coefficient (Wildman–Crippen LogP) is 2.45. The molecule has 1 N–H and O–H groups in total. The van der Waals surface area contributed by atoms with E-state index in [0.717, 1.165) is 44.9 Å². The second-order valence-electron chi connectivity index (χ2n) is 6.69. The van der Waals surface area contributed by atoms with E-state index < -0.39 is 0 Å². The minimum Gasteiger partial charge on any atom is -0.342 e. The zero-order valence-electron chi connectivity index (χ0n) is 12.0. The van der Waals surface area contributed by atoms with E-state index in [9.17, 15) is 4.79 Å². The average Bonchev–Trinajstić information content (AvgIpc) is 2.38. The largest absolute Gasteiger partial charge is 0.342 e. The molecular formula is C15H27ClN2O.